The number of rotatable bonds is 13. The fourth-order valence-corrected chi connectivity index (χ4v) is 10.6. The maximum atomic E-state index is 13.6. The second-order valence-electron chi connectivity index (χ2n) is 21.4. The van der Waals surface area contributed by atoms with Crippen molar-refractivity contribution in [1.82, 2.24) is 30.1 Å². The Morgan fingerprint density at radius 3 is 2.22 bits per heavy atom. The van der Waals surface area contributed by atoms with Crippen molar-refractivity contribution < 1.29 is 63.2 Å². The van der Waals surface area contributed by atoms with E-state index in [2.05, 4.69) is 40.3 Å². The zero-order chi connectivity index (χ0) is 54.3. The summed E-state index contributed by atoms with van der Waals surface area (Å²) in [6, 6.07) is 6.75. The number of aliphatic hydroxyl groups excluding tert-OH is 3. The molecule has 72 heavy (non-hydrogen) atoms. The monoisotopic (exact) mass is 1020 g/mol. The number of esters is 1. The number of carbonyl (C=O) groups is 2. The smallest absolute Gasteiger partial charge is 0.311 e. The third kappa shape index (κ3) is 17.7. The van der Waals surface area contributed by atoms with Crippen molar-refractivity contribution >= 4 is 11.9 Å². The molecule has 2 aromatic rings. The van der Waals surface area contributed by atoms with Gasteiger partial charge in [-0.25, -0.2) is 9.07 Å². The van der Waals surface area contributed by atoms with Gasteiger partial charge in [0.05, 0.1) is 59.6 Å². The van der Waals surface area contributed by atoms with E-state index in [1.54, 1.807) is 51.7 Å². The van der Waals surface area contributed by atoms with Crippen LogP contribution >= 0.6 is 0 Å². The number of cyclic esters (lactones) is 1. The van der Waals surface area contributed by atoms with Gasteiger partial charge in [0.2, 0.25) is 5.91 Å². The summed E-state index contributed by atoms with van der Waals surface area (Å²) in [5.74, 6) is -1.73. The number of ether oxygens (including phenoxy) is 5. The van der Waals surface area contributed by atoms with Crippen LogP contribution in [0.25, 0.3) is 5.69 Å². The highest BCUT2D eigenvalue weighted by atomic mass is 19.1. The number of hydrogen-bond donors (Lipinski definition) is 6. The fraction of sp³-hybridized carbons (Fsp3) is 0.774. The van der Waals surface area contributed by atoms with Gasteiger partial charge in [0.25, 0.3) is 0 Å². The summed E-state index contributed by atoms with van der Waals surface area (Å²) < 4.78 is 44.5. The van der Waals surface area contributed by atoms with Gasteiger partial charge < -0.3 is 64.3 Å². The Hall–Kier alpha value is -3.65. The van der Waals surface area contributed by atoms with Crippen LogP contribution in [0.4, 0.5) is 4.39 Å². The molecule has 0 bridgehead atoms. The van der Waals surface area contributed by atoms with Crippen LogP contribution in [-0.4, -0.2) is 187 Å². The zero-order valence-electron chi connectivity index (χ0n) is 45.2. The minimum Gasteiger partial charge on any atom is -0.459 e. The maximum Gasteiger partial charge on any atom is 0.311 e. The van der Waals surface area contributed by atoms with E-state index in [1.165, 1.54) is 14.0 Å². The summed E-state index contributed by atoms with van der Waals surface area (Å²) in [6.07, 6.45) is 8.99. The van der Waals surface area contributed by atoms with Gasteiger partial charge in [-0.3, -0.25) is 9.59 Å². The molecule has 410 valence electrons. The number of halogens is 1. The zero-order valence-corrected chi connectivity index (χ0v) is 45.2. The first kappa shape index (κ1) is 62.6. The molecule has 0 saturated carbocycles. The van der Waals surface area contributed by atoms with E-state index in [9.17, 15) is 39.5 Å². The van der Waals surface area contributed by atoms with Gasteiger partial charge in [0.15, 0.2) is 12.6 Å². The highest BCUT2D eigenvalue weighted by Gasteiger charge is 2.49. The third-order valence-electron chi connectivity index (χ3n) is 14.8. The largest absolute Gasteiger partial charge is 0.459 e. The van der Waals surface area contributed by atoms with Crippen LogP contribution in [0.15, 0.2) is 36.7 Å². The lowest BCUT2D eigenvalue weighted by molar-refractivity contribution is -0.296. The molecule has 0 radical (unpaired) electrons. The lowest BCUT2D eigenvalue weighted by Crippen LogP contribution is -2.59. The minimum atomic E-state index is -1.70. The number of nitrogens with zero attached hydrogens (tertiary/aromatic N) is 5. The summed E-state index contributed by atoms with van der Waals surface area (Å²) in [5, 5.41) is 65.0. The Morgan fingerprint density at radius 2 is 1.65 bits per heavy atom. The molecule has 18 nitrogen and oxygen atoms in total. The Balaban J connectivity index is 0.000000381. The first-order valence-electron chi connectivity index (χ1n) is 25.5. The lowest BCUT2D eigenvalue weighted by atomic mass is 9.80. The number of terminal acetylenes is 1. The molecule has 6 N–H and O–H groups in total. The van der Waals surface area contributed by atoms with Gasteiger partial charge >= 0.3 is 5.97 Å². The molecule has 3 aliphatic heterocycles. The van der Waals surface area contributed by atoms with Crippen LogP contribution in [0.1, 0.15) is 120 Å². The third-order valence-corrected chi connectivity index (χ3v) is 14.8. The van der Waals surface area contributed by atoms with Crippen molar-refractivity contribution in [3.63, 3.8) is 0 Å². The number of aromatic nitrogens is 3. The number of nitrogens with one attached hydrogen (secondary N) is 1. The first-order chi connectivity index (χ1) is 33.7. The van der Waals surface area contributed by atoms with E-state index in [-0.39, 0.29) is 42.7 Å². The van der Waals surface area contributed by atoms with Gasteiger partial charge in [-0.2, -0.15) is 0 Å². The average Bonchev–Trinajstić information content (AvgIpc) is 3.87. The normalized spacial score (nSPS) is 36.8. The van der Waals surface area contributed by atoms with Crippen LogP contribution in [0.3, 0.4) is 0 Å². The molecule has 3 saturated heterocycles. The summed E-state index contributed by atoms with van der Waals surface area (Å²) in [6.45, 7) is 18.6. The molecule has 3 fully saturated rings. The molecule has 19 heteroatoms. The predicted octanol–water partition coefficient (Wildman–Crippen LogP) is 4.20. The standard InChI is InChI=1S/C30H57NO9.C21H30FN5O3.C2H2/c1-12-22-30(9,36)25(32)20(5)31(10)16-17(2)13-28(7,35)14-18(3)24(19(4)27(34)39-22)40-23-15-29(8,37-11)26(33)21(6)38-23;1-15-11-19(13-21(29)30-15)26(2)9-7-20(28)24-17(14-22)12-16-3-5-18(6-4-16)27-10-8-23-25-27;1-2/h17-26,32-33,35-36H,12-16H2,1-11H3;3-6,8,10,15,17,19,21,29H,7,9,11-14H2,1-2H3,(H,24,28);1-2H/t17-,18-,19?,20?,21+,22-,23+,24+,25?,26+,28-,29-,30-;15-,17?,19?,21-;/m11./s1. The second kappa shape index (κ2) is 28.3. The Labute approximate surface area is 428 Å². The van der Waals surface area contributed by atoms with E-state index in [0.717, 1.165) is 17.7 Å². The van der Waals surface area contributed by atoms with Crippen LogP contribution in [0, 0.1) is 30.6 Å². The molecular formula is C53H89FN6O12. The molecule has 5 rings (SSSR count). The summed E-state index contributed by atoms with van der Waals surface area (Å²) in [5.41, 5.74) is -1.85. The van der Waals surface area contributed by atoms with E-state index in [1.807, 2.05) is 64.0 Å². The molecule has 4 heterocycles. The van der Waals surface area contributed by atoms with Crippen LogP contribution < -0.4 is 5.32 Å². The quantitative estimate of drug-likeness (QED) is 0.122. The van der Waals surface area contributed by atoms with Crippen molar-refractivity contribution in [2.75, 3.05) is 41.0 Å². The van der Waals surface area contributed by atoms with Crippen molar-refractivity contribution in [2.24, 2.45) is 17.8 Å². The molecule has 3 aliphatic rings. The average molecular weight is 1020 g/mol. The number of benzene rings is 1. The topological polar surface area (TPSA) is 231 Å². The molecular weight excluding hydrogens is 932 g/mol. The second-order valence-corrected chi connectivity index (χ2v) is 21.4. The molecule has 1 aromatic carbocycles. The van der Waals surface area contributed by atoms with Crippen LogP contribution in [0.2, 0.25) is 0 Å². The molecule has 17 atom stereocenters. The molecule has 1 aromatic heterocycles. The van der Waals surface area contributed by atoms with Crippen molar-refractivity contribution in [2.45, 2.75) is 205 Å². The Kier molecular flexibility index (Phi) is 24.6. The lowest BCUT2D eigenvalue weighted by Gasteiger charge is -2.46. The number of carbonyl (C=O) groups excluding carboxylic acids is 2. The summed E-state index contributed by atoms with van der Waals surface area (Å²) >= 11 is 0. The van der Waals surface area contributed by atoms with Crippen molar-refractivity contribution in [3.8, 4) is 18.5 Å². The maximum absolute atomic E-state index is 13.6. The van der Waals surface area contributed by atoms with Gasteiger partial charge in [-0.1, -0.05) is 38.1 Å². The number of amides is 1. The number of aliphatic hydroxyl groups is 5. The van der Waals surface area contributed by atoms with E-state index < -0.39 is 90.5 Å². The molecule has 0 aliphatic carbocycles. The SMILES string of the molecule is C#C.CC[C@H]1OC(=O)C(C)[C@@H](O[C@H]2C[C@@](C)(OC)[C@@H](O)[C@H](C)O2)[C@H](C)C[C@](C)(O)C[C@@H](C)CN(C)C(C)C(O)[C@]1(C)O.C[C@@H]1CC(N(C)CCC(=O)NC(CF)Cc2ccc(-n3ccnn3)cc2)C[C@H](O)O1. The highest BCUT2D eigenvalue weighted by Crippen LogP contribution is 2.38. The van der Waals surface area contributed by atoms with Crippen LogP contribution in [0.5, 0.6) is 0 Å². The van der Waals surface area contributed by atoms with Crippen molar-refractivity contribution in [3.05, 3.63) is 42.2 Å². The highest BCUT2D eigenvalue weighted by molar-refractivity contribution is 5.76. The summed E-state index contributed by atoms with van der Waals surface area (Å²) in [4.78, 5) is 30.0. The van der Waals surface area contributed by atoms with Gasteiger partial charge in [-0.05, 0) is 124 Å². The minimum absolute atomic E-state index is 0.0121. The Morgan fingerprint density at radius 1 is 1.00 bits per heavy atom. The van der Waals surface area contributed by atoms with Crippen LogP contribution in [-0.2, 0) is 39.7 Å². The van der Waals surface area contributed by atoms with E-state index >= 15 is 0 Å². The molecule has 1 amide bonds. The first-order valence-corrected chi connectivity index (χ1v) is 25.5. The Bertz CT molecular complexity index is 1920. The van der Waals surface area contributed by atoms with Gasteiger partial charge in [0, 0.05) is 51.5 Å². The number of hydrogen-bond acceptors (Lipinski definition) is 16. The molecule has 0 spiro atoms. The fourth-order valence-electron chi connectivity index (χ4n) is 10.6. The number of methoxy groups -OCH3 is 1. The summed E-state index contributed by atoms with van der Waals surface area (Å²) in [7, 11) is 5.35. The van der Waals surface area contributed by atoms with E-state index in [0.29, 0.717) is 45.2 Å². The number of likely N-dealkylation sites (N-methyl/N-ethyl adjacent to an activating group) is 1. The van der Waals surface area contributed by atoms with Crippen molar-refractivity contribution in [1.29, 1.82) is 0 Å². The predicted molar refractivity (Wildman–Crippen MR) is 271 cm³/mol. The van der Waals surface area contributed by atoms with Gasteiger partial charge in [-0.15, -0.1) is 17.9 Å². The van der Waals surface area contributed by atoms with E-state index in [4.69, 9.17) is 23.7 Å². The molecule has 5 unspecified atom stereocenters. The van der Waals surface area contributed by atoms with Gasteiger partial charge in [0.1, 0.15) is 30.6 Å². The number of alkyl halides is 1.